The van der Waals surface area contributed by atoms with Crippen LogP contribution in [0.25, 0.3) is 0 Å². The molecule has 0 radical (unpaired) electrons. The molecule has 1 aromatic heterocycles. The molecule has 1 heterocycles. The van der Waals surface area contributed by atoms with Crippen LogP contribution in [-0.4, -0.2) is 10.8 Å². The van der Waals surface area contributed by atoms with Crippen molar-refractivity contribution >= 4 is 17.1 Å². The van der Waals surface area contributed by atoms with Crippen LogP contribution in [0.15, 0.2) is 5.38 Å². The second-order valence-electron chi connectivity index (χ2n) is 3.39. The largest absolute Gasteiger partial charge is 0.322 e. The Labute approximate surface area is 88.3 Å². The lowest BCUT2D eigenvalue weighted by atomic mass is 10.1. The maximum Gasteiger partial charge on any atom is 0.182 e. The fraction of sp³-hybridized carbons (Fsp3) is 0.600. The number of hydrogen-bond donors (Lipinski definition) is 1. The smallest absolute Gasteiger partial charge is 0.182 e. The summed E-state index contributed by atoms with van der Waals surface area (Å²) in [5.41, 5.74) is 6.24. The van der Waals surface area contributed by atoms with Crippen molar-refractivity contribution in [3.05, 3.63) is 16.1 Å². The lowest BCUT2D eigenvalue weighted by Crippen LogP contribution is -2.06. The Bertz CT molecular complexity index is 307. The predicted octanol–water partition coefficient (Wildman–Crippen LogP) is 2.54. The predicted molar refractivity (Wildman–Crippen MR) is 58.6 cm³/mol. The molecule has 14 heavy (non-hydrogen) atoms. The van der Waals surface area contributed by atoms with Crippen molar-refractivity contribution < 1.29 is 4.79 Å². The molecular weight excluding hydrogens is 196 g/mol. The molecule has 0 amide bonds. The van der Waals surface area contributed by atoms with E-state index in [1.54, 1.807) is 5.38 Å². The SMILES string of the molecule is CCCCC(=O)c1csc(C(C)N)n1. The molecule has 1 aromatic rings. The third-order valence-corrected chi connectivity index (χ3v) is 3.00. The maximum absolute atomic E-state index is 11.5. The number of carbonyl (C=O) groups excluding carboxylic acids is 1. The molecule has 4 heteroatoms. The van der Waals surface area contributed by atoms with Crippen LogP contribution in [0.2, 0.25) is 0 Å². The topological polar surface area (TPSA) is 56.0 Å². The Morgan fingerprint density at radius 1 is 1.71 bits per heavy atom. The van der Waals surface area contributed by atoms with Crippen LogP contribution >= 0.6 is 11.3 Å². The highest BCUT2D eigenvalue weighted by Crippen LogP contribution is 2.17. The average molecular weight is 212 g/mol. The number of nitrogens with two attached hydrogens (primary N) is 1. The number of aromatic nitrogens is 1. The number of thiazole rings is 1. The summed E-state index contributed by atoms with van der Waals surface area (Å²) in [7, 11) is 0. The van der Waals surface area contributed by atoms with Gasteiger partial charge in [-0.2, -0.15) is 0 Å². The number of ketones is 1. The van der Waals surface area contributed by atoms with Crippen molar-refractivity contribution in [2.75, 3.05) is 0 Å². The monoisotopic (exact) mass is 212 g/mol. The average Bonchev–Trinajstić information content (AvgIpc) is 2.62. The maximum atomic E-state index is 11.5. The van der Waals surface area contributed by atoms with Gasteiger partial charge in [0.2, 0.25) is 0 Å². The fourth-order valence-corrected chi connectivity index (χ4v) is 1.87. The number of rotatable bonds is 5. The molecule has 0 saturated carbocycles. The van der Waals surface area contributed by atoms with Gasteiger partial charge in [0.1, 0.15) is 10.7 Å². The van der Waals surface area contributed by atoms with Crippen LogP contribution in [0.5, 0.6) is 0 Å². The summed E-state index contributed by atoms with van der Waals surface area (Å²) < 4.78 is 0. The van der Waals surface area contributed by atoms with Gasteiger partial charge in [-0.25, -0.2) is 4.98 Å². The van der Waals surface area contributed by atoms with Gasteiger partial charge in [-0.15, -0.1) is 11.3 Å². The van der Waals surface area contributed by atoms with E-state index in [0.717, 1.165) is 17.8 Å². The van der Waals surface area contributed by atoms with E-state index in [2.05, 4.69) is 11.9 Å². The zero-order valence-corrected chi connectivity index (χ0v) is 9.43. The number of unbranched alkanes of at least 4 members (excludes halogenated alkanes) is 1. The van der Waals surface area contributed by atoms with Crippen molar-refractivity contribution in [2.24, 2.45) is 5.73 Å². The quantitative estimate of drug-likeness (QED) is 0.763. The van der Waals surface area contributed by atoms with E-state index in [9.17, 15) is 4.79 Å². The molecule has 78 valence electrons. The molecule has 2 N–H and O–H groups in total. The standard InChI is InChI=1S/C10H16N2OS/c1-3-4-5-9(13)8-6-14-10(12-8)7(2)11/h6-7H,3-5,11H2,1-2H3. The highest BCUT2D eigenvalue weighted by atomic mass is 32.1. The number of carbonyl (C=O) groups is 1. The highest BCUT2D eigenvalue weighted by molar-refractivity contribution is 7.09. The molecule has 0 aliphatic heterocycles. The van der Waals surface area contributed by atoms with Gasteiger partial charge in [-0.3, -0.25) is 4.79 Å². The van der Waals surface area contributed by atoms with Gasteiger partial charge in [0.15, 0.2) is 5.78 Å². The first kappa shape index (κ1) is 11.3. The minimum atomic E-state index is -0.0762. The summed E-state index contributed by atoms with van der Waals surface area (Å²) in [4.78, 5) is 15.7. The van der Waals surface area contributed by atoms with Crippen molar-refractivity contribution in [1.29, 1.82) is 0 Å². The third-order valence-electron chi connectivity index (χ3n) is 1.95. The molecule has 0 bridgehead atoms. The Balaban J connectivity index is 2.62. The Morgan fingerprint density at radius 3 is 2.93 bits per heavy atom. The van der Waals surface area contributed by atoms with E-state index in [-0.39, 0.29) is 11.8 Å². The van der Waals surface area contributed by atoms with Gasteiger partial charge in [0.05, 0.1) is 6.04 Å². The van der Waals surface area contributed by atoms with Crippen molar-refractivity contribution in [2.45, 2.75) is 39.2 Å². The molecular formula is C10H16N2OS. The van der Waals surface area contributed by atoms with Crippen LogP contribution in [0.1, 0.15) is 54.6 Å². The Kier molecular flexibility index (Phi) is 4.22. The van der Waals surface area contributed by atoms with E-state index >= 15 is 0 Å². The summed E-state index contributed by atoms with van der Waals surface area (Å²) >= 11 is 1.46. The van der Waals surface area contributed by atoms with E-state index in [1.165, 1.54) is 11.3 Å². The second kappa shape index (κ2) is 5.22. The first-order valence-corrected chi connectivity index (χ1v) is 5.77. The highest BCUT2D eigenvalue weighted by Gasteiger charge is 2.11. The van der Waals surface area contributed by atoms with Crippen LogP contribution in [0.3, 0.4) is 0 Å². The molecule has 0 aliphatic carbocycles. The molecule has 0 saturated heterocycles. The summed E-state index contributed by atoms with van der Waals surface area (Å²) in [5, 5.41) is 2.64. The first-order chi connectivity index (χ1) is 6.65. The van der Waals surface area contributed by atoms with Crippen LogP contribution in [-0.2, 0) is 0 Å². The Hall–Kier alpha value is -0.740. The summed E-state index contributed by atoms with van der Waals surface area (Å²) in [5.74, 6) is 0.134. The van der Waals surface area contributed by atoms with E-state index in [0.29, 0.717) is 12.1 Å². The van der Waals surface area contributed by atoms with Crippen LogP contribution < -0.4 is 5.73 Å². The van der Waals surface area contributed by atoms with Crippen LogP contribution in [0, 0.1) is 0 Å². The Morgan fingerprint density at radius 2 is 2.43 bits per heavy atom. The fourth-order valence-electron chi connectivity index (χ4n) is 1.09. The van der Waals surface area contributed by atoms with Gasteiger partial charge in [-0.05, 0) is 13.3 Å². The summed E-state index contributed by atoms with van der Waals surface area (Å²) in [6.45, 7) is 3.95. The van der Waals surface area contributed by atoms with Gasteiger partial charge >= 0.3 is 0 Å². The third kappa shape index (κ3) is 2.89. The minimum absolute atomic E-state index is 0.0762. The number of nitrogens with zero attached hydrogens (tertiary/aromatic N) is 1. The molecule has 3 nitrogen and oxygen atoms in total. The van der Waals surface area contributed by atoms with Crippen molar-refractivity contribution in [1.82, 2.24) is 4.98 Å². The van der Waals surface area contributed by atoms with Gasteiger partial charge in [0, 0.05) is 11.8 Å². The van der Waals surface area contributed by atoms with Gasteiger partial charge in [0.25, 0.3) is 0 Å². The summed E-state index contributed by atoms with van der Waals surface area (Å²) in [6.07, 6.45) is 2.57. The minimum Gasteiger partial charge on any atom is -0.322 e. The molecule has 1 unspecified atom stereocenters. The second-order valence-corrected chi connectivity index (χ2v) is 4.28. The molecule has 0 aliphatic rings. The number of hydrogen-bond acceptors (Lipinski definition) is 4. The molecule has 1 rings (SSSR count). The van der Waals surface area contributed by atoms with Crippen LogP contribution in [0.4, 0.5) is 0 Å². The van der Waals surface area contributed by atoms with Crippen molar-refractivity contribution in [3.8, 4) is 0 Å². The molecule has 1 atom stereocenters. The van der Waals surface area contributed by atoms with Gasteiger partial charge in [-0.1, -0.05) is 13.3 Å². The normalized spacial score (nSPS) is 12.8. The molecule has 0 fully saturated rings. The first-order valence-electron chi connectivity index (χ1n) is 4.89. The van der Waals surface area contributed by atoms with Crippen molar-refractivity contribution in [3.63, 3.8) is 0 Å². The zero-order valence-electron chi connectivity index (χ0n) is 8.62. The zero-order chi connectivity index (χ0) is 10.6. The number of Topliss-reactive ketones (excluding diaryl/α,β-unsaturated/α-hetero) is 1. The molecule has 0 aromatic carbocycles. The lowest BCUT2D eigenvalue weighted by molar-refractivity contribution is 0.0975. The van der Waals surface area contributed by atoms with Gasteiger partial charge < -0.3 is 5.73 Å². The molecule has 0 spiro atoms. The lowest BCUT2D eigenvalue weighted by Gasteiger charge is -1.97. The van der Waals surface area contributed by atoms with E-state index in [1.807, 2.05) is 6.92 Å². The van der Waals surface area contributed by atoms with E-state index < -0.39 is 0 Å². The van der Waals surface area contributed by atoms with E-state index in [4.69, 9.17) is 5.73 Å². The summed E-state index contributed by atoms with van der Waals surface area (Å²) in [6, 6.07) is -0.0762.